The first-order valence-electron chi connectivity index (χ1n) is 14.0. The molecule has 5 saturated carbocycles. The van der Waals surface area contributed by atoms with Crippen LogP contribution < -0.4 is 10.6 Å². The summed E-state index contributed by atoms with van der Waals surface area (Å²) in [5.41, 5.74) is 0.636. The van der Waals surface area contributed by atoms with Gasteiger partial charge in [0.25, 0.3) is 5.91 Å². The Kier molecular flexibility index (Phi) is 7.03. The Morgan fingerprint density at radius 2 is 1.81 bits per heavy atom. The van der Waals surface area contributed by atoms with Gasteiger partial charge in [0.1, 0.15) is 17.2 Å². The van der Waals surface area contributed by atoms with Crippen LogP contribution in [0.2, 0.25) is 0 Å². The molecule has 6 aliphatic rings. The molecule has 0 spiro atoms. The largest absolute Gasteiger partial charge is 0.480 e. The highest BCUT2D eigenvalue weighted by molar-refractivity contribution is 7.99. The van der Waals surface area contributed by atoms with Crippen LogP contribution in [-0.2, 0) is 15.1 Å². The third-order valence-electron chi connectivity index (χ3n) is 9.51. The van der Waals surface area contributed by atoms with Gasteiger partial charge in [0.05, 0.1) is 11.3 Å². The van der Waals surface area contributed by atoms with Gasteiger partial charge in [0.15, 0.2) is 0 Å². The third-order valence-corrected chi connectivity index (χ3v) is 10.9. The van der Waals surface area contributed by atoms with E-state index in [1.165, 1.54) is 51.4 Å². The lowest BCUT2D eigenvalue weighted by Gasteiger charge is -2.54. The van der Waals surface area contributed by atoms with Crippen molar-refractivity contribution in [2.75, 3.05) is 19.7 Å². The molecule has 7 nitrogen and oxygen atoms in total. The smallest absolute Gasteiger partial charge is 0.329 e. The van der Waals surface area contributed by atoms with E-state index in [9.17, 15) is 14.7 Å². The van der Waals surface area contributed by atoms with Crippen molar-refractivity contribution in [2.24, 2.45) is 23.7 Å². The highest BCUT2D eigenvalue weighted by Crippen LogP contribution is 2.53. The first-order valence-corrected chi connectivity index (χ1v) is 14.9. The number of hydrogen-bond donors (Lipinski definition) is 3. The van der Waals surface area contributed by atoms with E-state index < -0.39 is 11.6 Å². The summed E-state index contributed by atoms with van der Waals surface area (Å²) < 4.78 is 5.93. The van der Waals surface area contributed by atoms with E-state index in [0.717, 1.165) is 41.9 Å². The molecule has 4 bridgehead atoms. The summed E-state index contributed by atoms with van der Waals surface area (Å²) in [7, 11) is 0. The molecule has 1 aromatic heterocycles. The molecule has 196 valence electrons. The lowest BCUT2D eigenvalue weighted by atomic mass is 9.54. The fourth-order valence-corrected chi connectivity index (χ4v) is 9.30. The monoisotopic (exact) mass is 513 g/mol. The maximum Gasteiger partial charge on any atom is 0.329 e. The van der Waals surface area contributed by atoms with Crippen molar-refractivity contribution in [3.05, 3.63) is 23.4 Å². The van der Waals surface area contributed by atoms with Crippen molar-refractivity contribution in [3.8, 4) is 0 Å². The molecule has 6 fully saturated rings. The predicted octanol–water partition coefficient (Wildman–Crippen LogP) is 4.35. The van der Waals surface area contributed by atoms with Crippen LogP contribution in [0.3, 0.4) is 0 Å². The molecule has 1 aromatic rings. The van der Waals surface area contributed by atoms with Crippen molar-refractivity contribution in [1.29, 1.82) is 0 Å². The number of carbonyl (C=O) groups excluding carboxylic acids is 1. The van der Waals surface area contributed by atoms with E-state index in [1.807, 2.05) is 12.1 Å². The van der Waals surface area contributed by atoms with Gasteiger partial charge in [0, 0.05) is 17.8 Å². The van der Waals surface area contributed by atoms with Crippen LogP contribution in [0.4, 0.5) is 0 Å². The first kappa shape index (κ1) is 24.7. The summed E-state index contributed by atoms with van der Waals surface area (Å²) in [6, 6.07) is 4.11. The average molecular weight is 514 g/mol. The fraction of sp³-hybridized carbons (Fsp3) is 0.750. The van der Waals surface area contributed by atoms with Gasteiger partial charge in [-0.15, -0.1) is 11.8 Å². The Bertz CT molecular complexity index is 961. The Labute approximate surface area is 217 Å². The SMILES string of the molecule is O=C(O)CO[C@@]1(c2ccc(C(=O)NC3C4CC5CC(C4)CC3C5)c(SC3CCCCC3)n2)CCNC1. The first-order chi connectivity index (χ1) is 17.5. The molecule has 1 saturated heterocycles. The van der Waals surface area contributed by atoms with Crippen LogP contribution in [0.1, 0.15) is 86.7 Å². The van der Waals surface area contributed by atoms with Crippen LogP contribution in [0.25, 0.3) is 0 Å². The van der Waals surface area contributed by atoms with Gasteiger partial charge in [-0.3, -0.25) is 4.79 Å². The molecule has 1 atom stereocenters. The molecular weight excluding hydrogens is 474 g/mol. The van der Waals surface area contributed by atoms with Gasteiger partial charge < -0.3 is 20.5 Å². The molecule has 3 N–H and O–H groups in total. The second kappa shape index (κ2) is 10.3. The number of thioether (sulfide) groups is 1. The third kappa shape index (κ3) is 4.93. The average Bonchev–Trinajstić information content (AvgIpc) is 3.35. The van der Waals surface area contributed by atoms with Gasteiger partial charge in [-0.05, 0) is 93.7 Å². The molecule has 1 amide bonds. The maximum atomic E-state index is 13.7. The number of ether oxygens (including phenoxy) is 1. The number of carboxylic acids is 1. The number of amides is 1. The molecule has 0 aromatic carbocycles. The van der Waals surface area contributed by atoms with E-state index in [0.29, 0.717) is 41.7 Å². The van der Waals surface area contributed by atoms with Gasteiger partial charge in [-0.1, -0.05) is 19.3 Å². The van der Waals surface area contributed by atoms with Gasteiger partial charge in [0.2, 0.25) is 0 Å². The summed E-state index contributed by atoms with van der Waals surface area (Å²) in [5.74, 6) is 2.04. The minimum atomic E-state index is -0.982. The zero-order valence-electron chi connectivity index (χ0n) is 21.0. The number of aliphatic carboxylic acids is 1. The Morgan fingerprint density at radius 1 is 1.08 bits per heavy atom. The van der Waals surface area contributed by atoms with Crippen molar-refractivity contribution >= 4 is 23.6 Å². The van der Waals surface area contributed by atoms with E-state index in [2.05, 4.69) is 10.6 Å². The Balaban J connectivity index is 1.26. The standard InChI is InChI=1S/C28H39N3O4S/c32-24(33)15-35-28(8-9-29-16-28)23-7-6-22(27(30-23)36-21-4-2-1-3-5-21)26(34)31-25-19-11-17-10-18(13-19)14-20(25)12-17/h6-7,17-21,25,29H,1-5,8-16H2,(H,31,34)(H,32,33)/t17?,18?,19?,20?,25?,28-/m0/s1. The molecule has 2 heterocycles. The zero-order valence-corrected chi connectivity index (χ0v) is 21.9. The van der Waals surface area contributed by atoms with E-state index in [4.69, 9.17) is 9.72 Å². The van der Waals surface area contributed by atoms with Crippen molar-refractivity contribution < 1.29 is 19.4 Å². The van der Waals surface area contributed by atoms with Crippen LogP contribution in [0, 0.1) is 23.7 Å². The maximum absolute atomic E-state index is 13.7. The quantitative estimate of drug-likeness (QED) is 0.475. The highest BCUT2D eigenvalue weighted by Gasteiger charge is 2.49. The molecule has 0 unspecified atom stereocenters. The van der Waals surface area contributed by atoms with E-state index in [1.54, 1.807) is 11.8 Å². The second-order valence-corrected chi connectivity index (χ2v) is 13.2. The number of pyridine rings is 1. The number of nitrogens with zero attached hydrogens (tertiary/aromatic N) is 1. The molecule has 36 heavy (non-hydrogen) atoms. The van der Waals surface area contributed by atoms with Crippen LogP contribution >= 0.6 is 11.8 Å². The van der Waals surface area contributed by atoms with E-state index in [-0.39, 0.29) is 12.5 Å². The number of carboxylic acid groups (broad SMARTS) is 1. The Morgan fingerprint density at radius 3 is 2.44 bits per heavy atom. The molecule has 7 rings (SSSR count). The summed E-state index contributed by atoms with van der Waals surface area (Å²) in [5, 5.41) is 17.3. The van der Waals surface area contributed by atoms with Crippen molar-refractivity contribution in [3.63, 3.8) is 0 Å². The van der Waals surface area contributed by atoms with Crippen molar-refractivity contribution in [2.45, 2.75) is 92.5 Å². The van der Waals surface area contributed by atoms with Gasteiger partial charge in [-0.2, -0.15) is 0 Å². The molecular formula is C28H39N3O4S. The predicted molar refractivity (Wildman–Crippen MR) is 138 cm³/mol. The highest BCUT2D eigenvalue weighted by atomic mass is 32.2. The topological polar surface area (TPSA) is 101 Å². The van der Waals surface area contributed by atoms with Crippen LogP contribution in [0.5, 0.6) is 0 Å². The molecule has 8 heteroatoms. The van der Waals surface area contributed by atoms with Crippen LogP contribution in [-0.4, -0.2) is 53.0 Å². The van der Waals surface area contributed by atoms with Crippen LogP contribution in [0.15, 0.2) is 17.2 Å². The molecule has 1 aliphatic heterocycles. The summed E-state index contributed by atoms with van der Waals surface area (Å²) in [4.78, 5) is 30.1. The molecule has 5 aliphatic carbocycles. The Hall–Kier alpha value is -1.64. The fourth-order valence-electron chi connectivity index (χ4n) is 7.97. The summed E-state index contributed by atoms with van der Waals surface area (Å²) in [6.45, 7) is 0.921. The minimum absolute atomic E-state index is 0.00915. The molecule has 0 radical (unpaired) electrons. The number of nitrogens with one attached hydrogen (secondary N) is 2. The number of carbonyl (C=O) groups is 2. The normalized spacial score (nSPS) is 35.7. The van der Waals surface area contributed by atoms with Gasteiger partial charge >= 0.3 is 5.97 Å². The number of aromatic nitrogens is 1. The van der Waals surface area contributed by atoms with E-state index >= 15 is 0 Å². The lowest BCUT2D eigenvalue weighted by Crippen LogP contribution is -2.55. The zero-order chi connectivity index (χ0) is 24.7. The summed E-state index contributed by atoms with van der Waals surface area (Å²) >= 11 is 1.74. The number of rotatable bonds is 8. The lowest BCUT2D eigenvalue weighted by molar-refractivity contribution is -0.149. The number of hydrogen-bond acceptors (Lipinski definition) is 6. The van der Waals surface area contributed by atoms with Crippen molar-refractivity contribution in [1.82, 2.24) is 15.6 Å². The minimum Gasteiger partial charge on any atom is -0.480 e. The van der Waals surface area contributed by atoms with Gasteiger partial charge in [-0.25, -0.2) is 9.78 Å². The summed E-state index contributed by atoms with van der Waals surface area (Å²) in [6.07, 6.45) is 13.2. The second-order valence-electron chi connectivity index (χ2n) is 12.0.